The summed E-state index contributed by atoms with van der Waals surface area (Å²) in [6.45, 7) is 6.97. The van der Waals surface area contributed by atoms with Crippen molar-refractivity contribution in [2.24, 2.45) is 5.41 Å². The SMILES string of the molecule is CC(C)(C)C1=C(c2ccccc2)SP(c2ccccc2)S1. The molecule has 0 aromatic heterocycles. The van der Waals surface area contributed by atoms with Gasteiger partial charge in [0.05, 0.1) is 6.33 Å². The minimum atomic E-state index is -0.247. The van der Waals surface area contributed by atoms with Crippen molar-refractivity contribution in [2.75, 3.05) is 0 Å². The Bertz CT molecular complexity index is 642. The standard InChI is InChI=1S/C18H19PS2/c1-18(2,3)17-16(14-10-6-4-7-11-14)20-19(21-17)15-12-8-5-9-13-15/h4-13H,1-3H3. The van der Waals surface area contributed by atoms with Crippen molar-refractivity contribution in [3.8, 4) is 0 Å². The first-order chi connectivity index (χ1) is 10.1. The van der Waals surface area contributed by atoms with E-state index in [1.54, 1.807) is 0 Å². The molecule has 0 spiro atoms. The van der Waals surface area contributed by atoms with Gasteiger partial charge < -0.3 is 0 Å². The minimum Gasteiger partial charge on any atom is -0.0845 e. The molecule has 0 amide bonds. The average molecular weight is 330 g/mol. The Morgan fingerprint density at radius 2 is 1.33 bits per heavy atom. The maximum absolute atomic E-state index is 2.32. The van der Waals surface area contributed by atoms with E-state index >= 15 is 0 Å². The van der Waals surface area contributed by atoms with Crippen molar-refractivity contribution >= 4 is 39.3 Å². The van der Waals surface area contributed by atoms with Crippen molar-refractivity contribution in [3.63, 3.8) is 0 Å². The molecular weight excluding hydrogens is 311 g/mol. The van der Waals surface area contributed by atoms with E-state index in [-0.39, 0.29) is 11.7 Å². The fourth-order valence-electron chi connectivity index (χ4n) is 2.17. The Hall–Kier alpha value is -0.690. The first-order valence-electron chi connectivity index (χ1n) is 7.07. The first kappa shape index (κ1) is 15.2. The molecule has 0 saturated carbocycles. The monoisotopic (exact) mass is 330 g/mol. The van der Waals surface area contributed by atoms with Crippen LogP contribution >= 0.6 is 29.1 Å². The van der Waals surface area contributed by atoms with Crippen LogP contribution < -0.4 is 5.30 Å². The van der Waals surface area contributed by atoms with Crippen LogP contribution in [0.5, 0.6) is 0 Å². The van der Waals surface area contributed by atoms with Crippen LogP contribution in [0, 0.1) is 5.41 Å². The molecule has 1 heterocycles. The third-order valence-corrected chi connectivity index (χ3v) is 10.7. The van der Waals surface area contributed by atoms with E-state index in [0.717, 1.165) is 0 Å². The molecular formula is C18H19PS2. The highest BCUT2D eigenvalue weighted by molar-refractivity contribution is 8.94. The summed E-state index contributed by atoms with van der Waals surface area (Å²) in [6, 6.07) is 21.8. The smallest absolute Gasteiger partial charge is 0.0537 e. The normalized spacial score (nSPS) is 19.1. The second kappa shape index (κ2) is 6.20. The zero-order chi connectivity index (χ0) is 14.9. The second-order valence-electron chi connectivity index (χ2n) is 6.05. The lowest BCUT2D eigenvalue weighted by atomic mass is 9.94. The zero-order valence-electron chi connectivity index (χ0n) is 12.5. The molecule has 108 valence electrons. The zero-order valence-corrected chi connectivity index (χ0v) is 15.1. The Labute approximate surface area is 136 Å². The average Bonchev–Trinajstić information content (AvgIpc) is 2.94. The van der Waals surface area contributed by atoms with Gasteiger partial charge in [0.2, 0.25) is 0 Å². The molecule has 3 heteroatoms. The predicted molar refractivity (Wildman–Crippen MR) is 101 cm³/mol. The van der Waals surface area contributed by atoms with Crippen molar-refractivity contribution in [2.45, 2.75) is 20.8 Å². The summed E-state index contributed by atoms with van der Waals surface area (Å²) >= 11 is 4.14. The molecule has 0 nitrogen and oxygen atoms in total. The molecule has 21 heavy (non-hydrogen) atoms. The van der Waals surface area contributed by atoms with Crippen LogP contribution in [0.2, 0.25) is 0 Å². The fourth-order valence-corrected chi connectivity index (χ4v) is 10.7. The van der Waals surface area contributed by atoms with Gasteiger partial charge >= 0.3 is 0 Å². The lowest BCUT2D eigenvalue weighted by Gasteiger charge is -2.21. The Morgan fingerprint density at radius 3 is 1.90 bits per heavy atom. The van der Waals surface area contributed by atoms with E-state index in [9.17, 15) is 0 Å². The molecule has 1 atom stereocenters. The van der Waals surface area contributed by atoms with E-state index in [0.29, 0.717) is 0 Å². The molecule has 2 aromatic carbocycles. The third kappa shape index (κ3) is 3.39. The molecule has 2 aromatic rings. The minimum absolute atomic E-state index is 0.203. The maximum Gasteiger partial charge on any atom is 0.0537 e. The van der Waals surface area contributed by atoms with Crippen LogP contribution in [0.15, 0.2) is 65.6 Å². The van der Waals surface area contributed by atoms with E-state index in [2.05, 4.69) is 104 Å². The molecule has 0 saturated heterocycles. The Morgan fingerprint density at radius 1 is 0.762 bits per heavy atom. The largest absolute Gasteiger partial charge is 0.0845 e. The second-order valence-corrected chi connectivity index (χ2v) is 12.2. The summed E-state index contributed by atoms with van der Waals surface area (Å²) in [5.74, 6) is 0. The lowest BCUT2D eigenvalue weighted by molar-refractivity contribution is 0.537. The Balaban J connectivity index is 1.98. The molecule has 1 aliphatic heterocycles. The van der Waals surface area contributed by atoms with Gasteiger partial charge in [-0.15, -0.1) is 0 Å². The molecule has 1 aliphatic rings. The molecule has 0 N–H and O–H groups in total. The van der Waals surface area contributed by atoms with Gasteiger partial charge in [0.25, 0.3) is 0 Å². The predicted octanol–water partition coefficient (Wildman–Crippen LogP) is 6.52. The van der Waals surface area contributed by atoms with Crippen LogP contribution in [0.3, 0.4) is 0 Å². The van der Waals surface area contributed by atoms with Crippen molar-refractivity contribution in [3.05, 3.63) is 71.1 Å². The summed E-state index contributed by atoms with van der Waals surface area (Å²) in [6.07, 6.45) is -0.247. The quantitative estimate of drug-likeness (QED) is 0.575. The molecule has 0 aliphatic carbocycles. The summed E-state index contributed by atoms with van der Waals surface area (Å²) in [5.41, 5.74) is 1.56. The van der Waals surface area contributed by atoms with Crippen LogP contribution in [0.25, 0.3) is 4.91 Å². The van der Waals surface area contributed by atoms with Crippen LogP contribution in [-0.4, -0.2) is 0 Å². The highest BCUT2D eigenvalue weighted by atomic mass is 33.1. The number of hydrogen-bond donors (Lipinski definition) is 0. The summed E-state index contributed by atoms with van der Waals surface area (Å²) in [5, 5.41) is 1.47. The third-order valence-electron chi connectivity index (χ3n) is 3.24. The van der Waals surface area contributed by atoms with Crippen LogP contribution in [0.1, 0.15) is 26.3 Å². The van der Waals surface area contributed by atoms with Gasteiger partial charge in [-0.25, -0.2) is 0 Å². The van der Waals surface area contributed by atoms with Gasteiger partial charge in [0, 0.05) is 9.81 Å². The van der Waals surface area contributed by atoms with Crippen LogP contribution in [0.4, 0.5) is 0 Å². The van der Waals surface area contributed by atoms with Gasteiger partial charge in [0.15, 0.2) is 0 Å². The van der Waals surface area contributed by atoms with Crippen molar-refractivity contribution < 1.29 is 0 Å². The maximum atomic E-state index is 2.32. The highest BCUT2D eigenvalue weighted by Gasteiger charge is 2.34. The Kier molecular flexibility index (Phi) is 4.49. The molecule has 0 fully saturated rings. The topological polar surface area (TPSA) is 0 Å². The summed E-state index contributed by atoms with van der Waals surface area (Å²) in [7, 11) is 0. The van der Waals surface area contributed by atoms with E-state index < -0.39 is 0 Å². The fraction of sp³-hybridized carbons (Fsp3) is 0.222. The molecule has 1 unspecified atom stereocenters. The number of allylic oxidation sites excluding steroid dienone is 1. The van der Waals surface area contributed by atoms with E-state index in [4.69, 9.17) is 0 Å². The van der Waals surface area contributed by atoms with Gasteiger partial charge in [-0.1, -0.05) is 104 Å². The number of rotatable bonds is 2. The van der Waals surface area contributed by atoms with Crippen LogP contribution in [-0.2, 0) is 0 Å². The number of hydrogen-bond acceptors (Lipinski definition) is 2. The molecule has 0 radical (unpaired) electrons. The lowest BCUT2D eigenvalue weighted by Crippen LogP contribution is -2.06. The number of benzene rings is 2. The van der Waals surface area contributed by atoms with Crippen molar-refractivity contribution in [1.82, 2.24) is 0 Å². The van der Waals surface area contributed by atoms with E-state index in [1.165, 1.54) is 20.7 Å². The summed E-state index contributed by atoms with van der Waals surface area (Å²) in [4.78, 5) is 3.01. The van der Waals surface area contributed by atoms with Gasteiger partial charge in [-0.05, 0) is 16.3 Å². The summed E-state index contributed by atoms with van der Waals surface area (Å²) < 4.78 is 0. The van der Waals surface area contributed by atoms with E-state index in [1.807, 2.05) is 0 Å². The van der Waals surface area contributed by atoms with Gasteiger partial charge in [0.1, 0.15) is 0 Å². The highest BCUT2D eigenvalue weighted by Crippen LogP contribution is 2.76. The molecule has 3 rings (SSSR count). The van der Waals surface area contributed by atoms with Gasteiger partial charge in [-0.2, -0.15) is 0 Å². The molecule has 0 bridgehead atoms. The van der Waals surface area contributed by atoms with Gasteiger partial charge in [-0.3, -0.25) is 0 Å². The van der Waals surface area contributed by atoms with Crippen molar-refractivity contribution in [1.29, 1.82) is 0 Å². The first-order valence-corrected chi connectivity index (χ1v) is 11.3.